The molecular weight excluding hydrogens is 318 g/mol. The third-order valence-electron chi connectivity index (χ3n) is 3.88. The highest BCUT2D eigenvalue weighted by atomic mass is 16.5. The summed E-state index contributed by atoms with van der Waals surface area (Å²) in [6.45, 7) is 3.70. The van der Waals surface area contributed by atoms with Gasteiger partial charge in [-0.15, -0.1) is 0 Å². The second-order valence-corrected chi connectivity index (χ2v) is 5.74. The average molecular weight is 341 g/mol. The predicted octanol–water partition coefficient (Wildman–Crippen LogP) is 3.43. The highest BCUT2D eigenvalue weighted by Gasteiger charge is 2.15. The van der Waals surface area contributed by atoms with E-state index in [1.807, 2.05) is 38.1 Å². The smallest absolute Gasteiger partial charge is 0.338 e. The maximum Gasteiger partial charge on any atom is 0.338 e. The minimum Gasteiger partial charge on any atom is -0.497 e. The summed E-state index contributed by atoms with van der Waals surface area (Å²) in [6.07, 6.45) is 0.751. The fraction of sp³-hybridized carbons (Fsp3) is 0.300. The molecule has 0 saturated heterocycles. The molecule has 2 aromatic rings. The van der Waals surface area contributed by atoms with Gasteiger partial charge in [0, 0.05) is 0 Å². The van der Waals surface area contributed by atoms with Crippen LogP contribution in [0.2, 0.25) is 0 Å². The Labute approximate surface area is 148 Å². The zero-order valence-electron chi connectivity index (χ0n) is 14.7. The zero-order chi connectivity index (χ0) is 18.2. The van der Waals surface area contributed by atoms with Gasteiger partial charge in [0.25, 0.3) is 5.91 Å². The lowest BCUT2D eigenvalue weighted by molar-refractivity contribution is -0.125. The number of benzene rings is 2. The molecule has 0 radical (unpaired) electrons. The van der Waals surface area contributed by atoms with Gasteiger partial charge in [-0.2, -0.15) is 0 Å². The fourth-order valence-electron chi connectivity index (χ4n) is 2.40. The average Bonchev–Trinajstić information content (AvgIpc) is 2.65. The van der Waals surface area contributed by atoms with E-state index in [0.29, 0.717) is 11.3 Å². The molecule has 1 N–H and O–H groups in total. The van der Waals surface area contributed by atoms with Crippen LogP contribution in [0.15, 0.2) is 48.5 Å². The molecule has 0 aliphatic heterocycles. The molecule has 0 spiro atoms. The fourth-order valence-corrected chi connectivity index (χ4v) is 2.40. The number of hydrogen-bond donors (Lipinski definition) is 1. The molecule has 25 heavy (non-hydrogen) atoms. The third-order valence-corrected chi connectivity index (χ3v) is 3.88. The summed E-state index contributed by atoms with van der Waals surface area (Å²) in [5.74, 6) is -0.214. The van der Waals surface area contributed by atoms with Gasteiger partial charge in [0.15, 0.2) is 6.61 Å². The number of carbonyl (C=O) groups is 2. The molecule has 0 saturated carbocycles. The van der Waals surface area contributed by atoms with Crippen molar-refractivity contribution in [3.05, 3.63) is 65.2 Å². The van der Waals surface area contributed by atoms with E-state index in [1.165, 1.54) is 5.56 Å². The molecule has 0 aliphatic carbocycles. The van der Waals surface area contributed by atoms with Gasteiger partial charge < -0.3 is 14.8 Å². The summed E-state index contributed by atoms with van der Waals surface area (Å²) in [5, 5.41) is 2.89. The number of nitrogens with one attached hydrogen (secondary N) is 1. The van der Waals surface area contributed by atoms with E-state index >= 15 is 0 Å². The Morgan fingerprint density at radius 3 is 2.24 bits per heavy atom. The van der Waals surface area contributed by atoms with Crippen LogP contribution in [0.1, 0.15) is 40.9 Å². The second kappa shape index (κ2) is 8.87. The molecule has 1 atom stereocenters. The third kappa shape index (κ3) is 5.35. The number of methoxy groups -OCH3 is 1. The molecule has 5 nitrogen and oxygen atoms in total. The predicted molar refractivity (Wildman–Crippen MR) is 95.6 cm³/mol. The minimum absolute atomic E-state index is 0.104. The van der Waals surface area contributed by atoms with Gasteiger partial charge >= 0.3 is 5.97 Å². The second-order valence-electron chi connectivity index (χ2n) is 5.74. The van der Waals surface area contributed by atoms with Crippen LogP contribution in [0.4, 0.5) is 0 Å². The van der Waals surface area contributed by atoms with Crippen LogP contribution < -0.4 is 10.1 Å². The van der Waals surface area contributed by atoms with Crippen molar-refractivity contribution in [1.82, 2.24) is 5.32 Å². The van der Waals surface area contributed by atoms with Crippen molar-refractivity contribution >= 4 is 11.9 Å². The minimum atomic E-state index is -0.541. The van der Waals surface area contributed by atoms with Crippen molar-refractivity contribution in [2.45, 2.75) is 26.3 Å². The molecule has 1 amide bonds. The summed E-state index contributed by atoms with van der Waals surface area (Å²) in [6, 6.07) is 14.4. The van der Waals surface area contributed by atoms with Crippen molar-refractivity contribution in [2.75, 3.05) is 13.7 Å². The Morgan fingerprint density at radius 2 is 1.68 bits per heavy atom. The first kappa shape index (κ1) is 18.5. The van der Waals surface area contributed by atoms with Gasteiger partial charge in [-0.25, -0.2) is 4.79 Å². The van der Waals surface area contributed by atoms with Crippen LogP contribution in [-0.4, -0.2) is 25.6 Å². The van der Waals surface area contributed by atoms with E-state index in [4.69, 9.17) is 9.47 Å². The van der Waals surface area contributed by atoms with E-state index in [1.54, 1.807) is 31.4 Å². The first-order chi connectivity index (χ1) is 12.0. The first-order valence-electron chi connectivity index (χ1n) is 8.20. The molecule has 2 rings (SSSR count). The van der Waals surface area contributed by atoms with Gasteiger partial charge in [0.05, 0.1) is 18.7 Å². The number of ether oxygens (including phenoxy) is 2. The summed E-state index contributed by atoms with van der Waals surface area (Å²) in [5.41, 5.74) is 2.57. The van der Waals surface area contributed by atoms with Crippen molar-refractivity contribution in [3.63, 3.8) is 0 Å². The molecule has 0 aliphatic rings. The van der Waals surface area contributed by atoms with Crippen molar-refractivity contribution < 1.29 is 19.1 Å². The molecule has 2 aromatic carbocycles. The normalized spacial score (nSPS) is 11.5. The Bertz CT molecular complexity index is 707. The highest BCUT2D eigenvalue weighted by Crippen LogP contribution is 2.17. The summed E-state index contributed by atoms with van der Waals surface area (Å²) < 4.78 is 10.1. The van der Waals surface area contributed by atoms with Crippen molar-refractivity contribution in [1.29, 1.82) is 0 Å². The topological polar surface area (TPSA) is 64.6 Å². The van der Waals surface area contributed by atoms with Gasteiger partial charge in [-0.05, 0) is 43.2 Å². The van der Waals surface area contributed by atoms with Crippen LogP contribution in [-0.2, 0) is 9.53 Å². The van der Waals surface area contributed by atoms with Crippen molar-refractivity contribution in [3.8, 4) is 5.75 Å². The SMILES string of the molecule is CC[C@H](NC(=O)COC(=O)c1ccc(OC)cc1)c1ccc(C)cc1. The molecule has 0 bridgehead atoms. The molecule has 0 heterocycles. The quantitative estimate of drug-likeness (QED) is 0.784. The lowest BCUT2D eigenvalue weighted by Crippen LogP contribution is -2.32. The number of carbonyl (C=O) groups excluding carboxylic acids is 2. The summed E-state index contributed by atoms with van der Waals surface area (Å²) >= 11 is 0. The standard InChI is InChI=1S/C20H23NO4/c1-4-18(15-7-5-14(2)6-8-15)21-19(22)13-25-20(23)16-9-11-17(24-3)12-10-16/h5-12,18H,4,13H2,1-3H3,(H,21,22)/t18-/m0/s1. The van der Waals surface area contributed by atoms with Crippen LogP contribution >= 0.6 is 0 Å². The van der Waals surface area contributed by atoms with Crippen LogP contribution in [0, 0.1) is 6.92 Å². The number of esters is 1. The molecule has 0 fully saturated rings. The lowest BCUT2D eigenvalue weighted by atomic mass is 10.0. The van der Waals surface area contributed by atoms with Crippen LogP contribution in [0.25, 0.3) is 0 Å². The molecular formula is C20H23NO4. The van der Waals surface area contributed by atoms with E-state index in [2.05, 4.69) is 5.32 Å². The van der Waals surface area contributed by atoms with Crippen molar-refractivity contribution in [2.24, 2.45) is 0 Å². The van der Waals surface area contributed by atoms with E-state index < -0.39 is 5.97 Å². The number of amides is 1. The van der Waals surface area contributed by atoms with Gasteiger partial charge in [-0.3, -0.25) is 4.79 Å². The molecule has 0 aromatic heterocycles. The monoisotopic (exact) mass is 341 g/mol. The number of rotatable bonds is 7. The van der Waals surface area contributed by atoms with Gasteiger partial charge in [0.1, 0.15) is 5.75 Å². The van der Waals surface area contributed by atoms with E-state index in [9.17, 15) is 9.59 Å². The summed E-state index contributed by atoms with van der Waals surface area (Å²) in [4.78, 5) is 24.0. The molecule has 0 unspecified atom stereocenters. The Morgan fingerprint density at radius 1 is 1.04 bits per heavy atom. The highest BCUT2D eigenvalue weighted by molar-refractivity contribution is 5.91. The lowest BCUT2D eigenvalue weighted by Gasteiger charge is -2.17. The van der Waals surface area contributed by atoms with Crippen LogP contribution in [0.3, 0.4) is 0 Å². The molecule has 5 heteroatoms. The maximum atomic E-state index is 12.1. The van der Waals surface area contributed by atoms with Gasteiger partial charge in [0.2, 0.25) is 0 Å². The molecule has 132 valence electrons. The zero-order valence-corrected chi connectivity index (χ0v) is 14.7. The largest absolute Gasteiger partial charge is 0.497 e. The Kier molecular flexibility index (Phi) is 6.57. The Hall–Kier alpha value is -2.82. The van der Waals surface area contributed by atoms with E-state index in [0.717, 1.165) is 12.0 Å². The number of aryl methyl sites for hydroxylation is 1. The van der Waals surface area contributed by atoms with Crippen LogP contribution in [0.5, 0.6) is 5.75 Å². The number of hydrogen-bond acceptors (Lipinski definition) is 4. The van der Waals surface area contributed by atoms with Gasteiger partial charge in [-0.1, -0.05) is 36.8 Å². The Balaban J connectivity index is 1.88. The van der Waals surface area contributed by atoms with E-state index in [-0.39, 0.29) is 18.6 Å². The first-order valence-corrected chi connectivity index (χ1v) is 8.20. The maximum absolute atomic E-state index is 12.1. The summed E-state index contributed by atoms with van der Waals surface area (Å²) in [7, 11) is 1.55.